The van der Waals surface area contributed by atoms with Crippen molar-refractivity contribution < 1.29 is 9.72 Å². The van der Waals surface area contributed by atoms with Crippen molar-refractivity contribution in [3.05, 3.63) is 39.4 Å². The molecule has 0 aliphatic carbocycles. The molecule has 0 heterocycles. The summed E-state index contributed by atoms with van der Waals surface area (Å²) in [6.07, 6.45) is 0. The van der Waals surface area contributed by atoms with Crippen LogP contribution in [0.1, 0.15) is 22.8 Å². The maximum absolute atomic E-state index is 11.9. The first-order valence-corrected chi connectivity index (χ1v) is 5.66. The largest absolute Gasteiger partial charge is 0.350 e. The van der Waals surface area contributed by atoms with E-state index < -0.39 is 10.8 Å². The lowest BCUT2D eigenvalue weighted by Gasteiger charge is -2.11. The lowest BCUT2D eigenvalue weighted by Crippen LogP contribution is -2.37. The molecule has 0 saturated carbocycles. The van der Waals surface area contributed by atoms with Gasteiger partial charge in [0.05, 0.1) is 4.92 Å². The number of hydrogen-bond acceptors (Lipinski definition) is 4. The molecule has 7 heteroatoms. The normalized spacial score (nSPS) is 11.3. The van der Waals surface area contributed by atoms with Gasteiger partial charge in [0.1, 0.15) is 5.56 Å². The van der Waals surface area contributed by atoms with Crippen LogP contribution in [-0.2, 0) is 0 Å². The Kier molecular flexibility index (Phi) is 7.03. The molecule has 1 atom stereocenters. The molecule has 6 nitrogen and oxygen atoms in total. The van der Waals surface area contributed by atoms with E-state index in [0.717, 1.165) is 0 Å². The van der Waals surface area contributed by atoms with Gasteiger partial charge in [0.2, 0.25) is 0 Å². The second kappa shape index (κ2) is 7.70. The van der Waals surface area contributed by atoms with Crippen molar-refractivity contribution in [2.45, 2.75) is 19.9 Å². The third-order valence-corrected chi connectivity index (χ3v) is 2.73. The first-order chi connectivity index (χ1) is 8.47. The second-order valence-corrected chi connectivity index (χ2v) is 4.13. The number of rotatable bonds is 5. The predicted octanol–water partition coefficient (Wildman–Crippen LogP) is 1.66. The monoisotopic (exact) mass is 287 g/mol. The van der Waals surface area contributed by atoms with E-state index in [1.807, 2.05) is 6.92 Å². The van der Waals surface area contributed by atoms with E-state index in [1.165, 1.54) is 6.07 Å². The Bertz CT molecular complexity index is 466. The Balaban J connectivity index is 0.00000324. The minimum Gasteiger partial charge on any atom is -0.350 e. The van der Waals surface area contributed by atoms with Crippen LogP contribution in [0, 0.1) is 17.0 Å². The average molecular weight is 288 g/mol. The number of halogens is 1. The van der Waals surface area contributed by atoms with Crippen LogP contribution in [0.3, 0.4) is 0 Å². The van der Waals surface area contributed by atoms with E-state index in [9.17, 15) is 14.9 Å². The first-order valence-electron chi connectivity index (χ1n) is 5.66. The highest BCUT2D eigenvalue weighted by Gasteiger charge is 2.22. The molecule has 2 N–H and O–H groups in total. The lowest BCUT2D eigenvalue weighted by atomic mass is 10.1. The van der Waals surface area contributed by atoms with E-state index in [0.29, 0.717) is 12.1 Å². The van der Waals surface area contributed by atoms with Gasteiger partial charge in [-0.05, 0) is 27.0 Å². The third kappa shape index (κ3) is 4.50. The standard InChI is InChI=1S/C12H17N3O3.ClH/c1-8-5-4-6-10(11(8)15(17)18)12(16)14-7-9(2)13-3;/h4-6,9,13H,7H2,1-3H3,(H,14,16);1H. The number of nitrogens with one attached hydrogen (secondary N) is 2. The number of hydrogen-bond donors (Lipinski definition) is 2. The van der Waals surface area contributed by atoms with E-state index in [2.05, 4.69) is 10.6 Å². The molecule has 0 aromatic heterocycles. The molecule has 1 rings (SSSR count). The number of nitro groups is 1. The molecule has 106 valence electrons. The summed E-state index contributed by atoms with van der Waals surface area (Å²) in [5.41, 5.74) is 0.449. The predicted molar refractivity (Wildman–Crippen MR) is 75.9 cm³/mol. The molecule has 0 saturated heterocycles. The van der Waals surface area contributed by atoms with Gasteiger partial charge in [0.25, 0.3) is 11.6 Å². The van der Waals surface area contributed by atoms with Gasteiger partial charge in [0, 0.05) is 18.2 Å². The SMILES string of the molecule is CNC(C)CNC(=O)c1cccc(C)c1[N+](=O)[O-].Cl. The molecule has 1 unspecified atom stereocenters. The number of benzene rings is 1. The van der Waals surface area contributed by atoms with Gasteiger partial charge in [-0.2, -0.15) is 0 Å². The zero-order valence-electron chi connectivity index (χ0n) is 11.1. The van der Waals surface area contributed by atoms with Crippen LogP contribution < -0.4 is 10.6 Å². The summed E-state index contributed by atoms with van der Waals surface area (Å²) in [6, 6.07) is 4.83. The van der Waals surface area contributed by atoms with Crippen molar-refractivity contribution >= 4 is 24.0 Å². The van der Waals surface area contributed by atoms with Gasteiger partial charge in [-0.25, -0.2) is 0 Å². The lowest BCUT2D eigenvalue weighted by molar-refractivity contribution is -0.385. The number of aryl methyl sites for hydroxylation is 1. The van der Waals surface area contributed by atoms with Gasteiger partial charge in [0.15, 0.2) is 0 Å². The fourth-order valence-corrected chi connectivity index (χ4v) is 1.53. The average Bonchev–Trinajstić information content (AvgIpc) is 2.34. The van der Waals surface area contributed by atoms with E-state index in [4.69, 9.17) is 0 Å². The number of nitrogens with zero attached hydrogens (tertiary/aromatic N) is 1. The highest BCUT2D eigenvalue weighted by molar-refractivity contribution is 5.98. The fourth-order valence-electron chi connectivity index (χ4n) is 1.53. The molecular formula is C12H18ClN3O3. The fraction of sp³-hybridized carbons (Fsp3) is 0.417. The number of amides is 1. The summed E-state index contributed by atoms with van der Waals surface area (Å²) >= 11 is 0. The van der Waals surface area contributed by atoms with Crippen LogP contribution >= 0.6 is 12.4 Å². The van der Waals surface area contributed by atoms with Gasteiger partial charge in [-0.1, -0.05) is 12.1 Å². The van der Waals surface area contributed by atoms with Crippen molar-refractivity contribution in [1.29, 1.82) is 0 Å². The summed E-state index contributed by atoms with van der Waals surface area (Å²) in [7, 11) is 1.78. The molecule has 1 aromatic rings. The van der Waals surface area contributed by atoms with Crippen LogP contribution in [0.15, 0.2) is 18.2 Å². The Hall–Kier alpha value is -1.66. The van der Waals surface area contributed by atoms with Crippen molar-refractivity contribution in [3.8, 4) is 0 Å². The van der Waals surface area contributed by atoms with Gasteiger partial charge in [-0.3, -0.25) is 14.9 Å². The van der Waals surface area contributed by atoms with Crippen LogP contribution in [0.5, 0.6) is 0 Å². The molecule has 0 spiro atoms. The molecule has 1 amide bonds. The molecule has 0 aliphatic heterocycles. The minimum absolute atomic E-state index is 0. The summed E-state index contributed by atoms with van der Waals surface area (Å²) in [6.45, 7) is 3.94. The second-order valence-electron chi connectivity index (χ2n) is 4.13. The van der Waals surface area contributed by atoms with Crippen molar-refractivity contribution in [2.75, 3.05) is 13.6 Å². The Morgan fingerprint density at radius 1 is 1.47 bits per heavy atom. The van der Waals surface area contributed by atoms with Crippen molar-refractivity contribution in [3.63, 3.8) is 0 Å². The number of carbonyl (C=O) groups excluding carboxylic acids is 1. The van der Waals surface area contributed by atoms with Crippen LogP contribution in [-0.4, -0.2) is 30.5 Å². The van der Waals surface area contributed by atoms with Crippen molar-refractivity contribution in [2.24, 2.45) is 0 Å². The molecule has 19 heavy (non-hydrogen) atoms. The van der Waals surface area contributed by atoms with Gasteiger partial charge < -0.3 is 10.6 Å². The molecule has 0 bridgehead atoms. The zero-order chi connectivity index (χ0) is 13.7. The zero-order valence-corrected chi connectivity index (χ0v) is 11.9. The number of para-hydroxylation sites is 1. The smallest absolute Gasteiger partial charge is 0.285 e. The molecular weight excluding hydrogens is 270 g/mol. The number of likely N-dealkylation sites (N-methyl/N-ethyl adjacent to an activating group) is 1. The topological polar surface area (TPSA) is 84.3 Å². The summed E-state index contributed by atoms with van der Waals surface area (Å²) in [5, 5.41) is 16.6. The summed E-state index contributed by atoms with van der Waals surface area (Å²) < 4.78 is 0. The van der Waals surface area contributed by atoms with E-state index in [1.54, 1.807) is 26.1 Å². The summed E-state index contributed by atoms with van der Waals surface area (Å²) in [4.78, 5) is 22.3. The van der Waals surface area contributed by atoms with Gasteiger partial charge >= 0.3 is 0 Å². The van der Waals surface area contributed by atoms with E-state index in [-0.39, 0.29) is 29.7 Å². The third-order valence-electron chi connectivity index (χ3n) is 2.73. The summed E-state index contributed by atoms with van der Waals surface area (Å²) in [5.74, 6) is -0.424. The van der Waals surface area contributed by atoms with Crippen molar-refractivity contribution in [1.82, 2.24) is 10.6 Å². The van der Waals surface area contributed by atoms with Crippen LogP contribution in [0.25, 0.3) is 0 Å². The maximum atomic E-state index is 11.9. The maximum Gasteiger partial charge on any atom is 0.285 e. The molecule has 0 fully saturated rings. The highest BCUT2D eigenvalue weighted by atomic mass is 35.5. The van der Waals surface area contributed by atoms with Crippen LogP contribution in [0.2, 0.25) is 0 Å². The van der Waals surface area contributed by atoms with Crippen LogP contribution in [0.4, 0.5) is 5.69 Å². The minimum atomic E-state index is -0.522. The molecule has 1 aromatic carbocycles. The Morgan fingerprint density at radius 3 is 2.63 bits per heavy atom. The van der Waals surface area contributed by atoms with Gasteiger partial charge in [-0.15, -0.1) is 12.4 Å². The highest BCUT2D eigenvalue weighted by Crippen LogP contribution is 2.22. The van der Waals surface area contributed by atoms with E-state index >= 15 is 0 Å². The first kappa shape index (κ1) is 17.3. The molecule has 0 radical (unpaired) electrons. The Morgan fingerprint density at radius 2 is 2.11 bits per heavy atom. The Labute approximate surface area is 118 Å². The number of carbonyl (C=O) groups is 1. The molecule has 0 aliphatic rings. The number of nitro benzene ring substituents is 1. The quantitative estimate of drug-likeness (QED) is 0.637.